The lowest BCUT2D eigenvalue weighted by Gasteiger charge is -2.22. The molecule has 3 rings (SSSR count). The summed E-state index contributed by atoms with van der Waals surface area (Å²) in [6, 6.07) is 19.8. The quantitative estimate of drug-likeness (QED) is 0.399. The van der Waals surface area contributed by atoms with Crippen LogP contribution in [0, 0.1) is 3.57 Å². The first-order chi connectivity index (χ1) is 13.1. The molecule has 136 valence electrons. The third-order valence-electron chi connectivity index (χ3n) is 3.87. The van der Waals surface area contributed by atoms with Crippen molar-refractivity contribution in [3.05, 3.63) is 93.8 Å². The zero-order valence-electron chi connectivity index (χ0n) is 14.4. The molecule has 0 unspecified atom stereocenters. The number of pyridine rings is 1. The van der Waals surface area contributed by atoms with Crippen LogP contribution in [0.15, 0.2) is 79.1 Å². The fourth-order valence-electron chi connectivity index (χ4n) is 2.51. The van der Waals surface area contributed by atoms with Gasteiger partial charge < -0.3 is 9.64 Å². The van der Waals surface area contributed by atoms with Crippen LogP contribution < -0.4 is 4.90 Å². The molecule has 3 aromatic rings. The number of aromatic nitrogens is 1. The van der Waals surface area contributed by atoms with Crippen LogP contribution in [0.4, 0.5) is 5.69 Å². The van der Waals surface area contributed by atoms with Gasteiger partial charge in [-0.15, -0.1) is 0 Å². The van der Waals surface area contributed by atoms with Gasteiger partial charge in [-0.2, -0.15) is 0 Å². The molecule has 0 aliphatic heterocycles. The van der Waals surface area contributed by atoms with Gasteiger partial charge in [-0.05, 0) is 71.1 Å². The maximum absolute atomic E-state index is 12.9. The van der Waals surface area contributed by atoms with E-state index in [0.29, 0.717) is 11.1 Å². The fraction of sp³-hybridized carbons (Fsp3) is 0.0952. The lowest BCUT2D eigenvalue weighted by atomic mass is 10.2. The summed E-state index contributed by atoms with van der Waals surface area (Å²) in [5, 5.41) is 0. The van der Waals surface area contributed by atoms with Crippen LogP contribution in [0.3, 0.4) is 0 Å². The molecule has 0 saturated heterocycles. The molecule has 27 heavy (non-hydrogen) atoms. The number of hydrogen-bond acceptors (Lipinski definition) is 4. The van der Waals surface area contributed by atoms with Gasteiger partial charge >= 0.3 is 5.97 Å². The van der Waals surface area contributed by atoms with E-state index >= 15 is 0 Å². The second-order valence-electron chi connectivity index (χ2n) is 5.67. The van der Waals surface area contributed by atoms with Gasteiger partial charge in [0.15, 0.2) is 0 Å². The number of rotatable bonds is 6. The van der Waals surface area contributed by atoms with Gasteiger partial charge in [0.05, 0.1) is 12.1 Å². The first kappa shape index (κ1) is 19.0. The summed E-state index contributed by atoms with van der Waals surface area (Å²) in [4.78, 5) is 30.6. The Hall–Kier alpha value is -2.74. The Kier molecular flexibility index (Phi) is 6.54. The number of amides is 1. The van der Waals surface area contributed by atoms with Crippen molar-refractivity contribution in [3.8, 4) is 0 Å². The number of hydrogen-bond donors (Lipinski definition) is 0. The van der Waals surface area contributed by atoms with E-state index in [1.807, 2.05) is 42.5 Å². The summed E-state index contributed by atoms with van der Waals surface area (Å²) >= 11 is 2.18. The summed E-state index contributed by atoms with van der Waals surface area (Å²) in [7, 11) is 0. The maximum atomic E-state index is 12.9. The third kappa shape index (κ3) is 5.13. The average Bonchev–Trinajstić information content (AvgIpc) is 2.72. The molecule has 0 N–H and O–H groups in total. The average molecular weight is 472 g/mol. The Morgan fingerprint density at radius 3 is 2.22 bits per heavy atom. The molecule has 0 bridgehead atoms. The van der Waals surface area contributed by atoms with E-state index in [-0.39, 0.29) is 19.1 Å². The van der Waals surface area contributed by atoms with E-state index in [2.05, 4.69) is 27.6 Å². The van der Waals surface area contributed by atoms with Crippen LogP contribution in [0.25, 0.3) is 0 Å². The second kappa shape index (κ2) is 9.27. The number of benzene rings is 2. The van der Waals surface area contributed by atoms with Crippen LogP contribution >= 0.6 is 22.6 Å². The molecule has 1 aromatic heterocycles. The Bertz CT molecular complexity index is 900. The molecule has 2 aromatic carbocycles. The first-order valence-electron chi connectivity index (χ1n) is 8.35. The third-order valence-corrected chi connectivity index (χ3v) is 4.59. The van der Waals surface area contributed by atoms with Gasteiger partial charge in [0, 0.05) is 27.2 Å². The Morgan fingerprint density at radius 2 is 1.56 bits per heavy atom. The number of carbonyl (C=O) groups excluding carboxylic acids is 2. The van der Waals surface area contributed by atoms with Crippen LogP contribution in [0.2, 0.25) is 0 Å². The van der Waals surface area contributed by atoms with Crippen molar-refractivity contribution in [1.82, 2.24) is 4.98 Å². The molecule has 0 aliphatic carbocycles. The molecule has 6 heteroatoms. The molecule has 0 radical (unpaired) electrons. The number of esters is 1. The zero-order chi connectivity index (χ0) is 19.1. The molecule has 0 fully saturated rings. The van der Waals surface area contributed by atoms with Gasteiger partial charge in [0.25, 0.3) is 5.91 Å². The molecule has 5 nitrogen and oxygen atoms in total. The van der Waals surface area contributed by atoms with Gasteiger partial charge in [0.1, 0.15) is 6.61 Å². The van der Waals surface area contributed by atoms with Crippen LogP contribution in [0.5, 0.6) is 0 Å². The molecular formula is C21H17IN2O3. The van der Waals surface area contributed by atoms with Crippen LogP contribution in [-0.2, 0) is 4.74 Å². The topological polar surface area (TPSA) is 59.5 Å². The Labute approximate surface area is 171 Å². The Morgan fingerprint density at radius 1 is 0.889 bits per heavy atom. The van der Waals surface area contributed by atoms with Crippen molar-refractivity contribution < 1.29 is 14.3 Å². The van der Waals surface area contributed by atoms with E-state index in [1.54, 1.807) is 41.6 Å². The molecule has 1 amide bonds. The highest BCUT2D eigenvalue weighted by atomic mass is 127. The van der Waals surface area contributed by atoms with Gasteiger partial charge in [0.2, 0.25) is 0 Å². The maximum Gasteiger partial charge on any atom is 0.338 e. The second-order valence-corrected chi connectivity index (χ2v) is 6.92. The molecule has 0 atom stereocenters. The summed E-state index contributed by atoms with van der Waals surface area (Å²) < 4.78 is 6.40. The van der Waals surface area contributed by atoms with Crippen molar-refractivity contribution in [2.45, 2.75) is 0 Å². The highest BCUT2D eigenvalue weighted by Crippen LogP contribution is 2.17. The molecular weight excluding hydrogens is 455 g/mol. The van der Waals surface area contributed by atoms with Gasteiger partial charge in [-0.3, -0.25) is 9.78 Å². The van der Waals surface area contributed by atoms with Crippen molar-refractivity contribution >= 4 is 40.2 Å². The molecule has 1 heterocycles. The standard InChI is InChI=1S/C21H17IN2O3/c22-18-8-6-17(7-9-18)21(26)27-15-14-24(19-4-2-1-3-5-19)20(25)16-10-12-23-13-11-16/h1-13H,14-15H2. The summed E-state index contributed by atoms with van der Waals surface area (Å²) in [5.74, 6) is -0.579. The van der Waals surface area contributed by atoms with Crippen LogP contribution in [0.1, 0.15) is 20.7 Å². The number of carbonyl (C=O) groups is 2. The largest absolute Gasteiger partial charge is 0.460 e. The predicted octanol–water partition coefficient (Wildman–Crippen LogP) is 4.19. The summed E-state index contributed by atoms with van der Waals surface area (Å²) in [6.45, 7) is 0.345. The lowest BCUT2D eigenvalue weighted by Crippen LogP contribution is -2.34. The normalized spacial score (nSPS) is 10.3. The predicted molar refractivity (Wildman–Crippen MR) is 112 cm³/mol. The lowest BCUT2D eigenvalue weighted by molar-refractivity contribution is 0.0511. The molecule has 0 spiro atoms. The first-order valence-corrected chi connectivity index (χ1v) is 9.42. The summed E-state index contributed by atoms with van der Waals surface area (Å²) in [6.07, 6.45) is 3.15. The Balaban J connectivity index is 1.69. The number of halogens is 1. The number of nitrogens with zero attached hydrogens (tertiary/aromatic N) is 2. The smallest absolute Gasteiger partial charge is 0.338 e. The van der Waals surface area contributed by atoms with Crippen LogP contribution in [-0.4, -0.2) is 30.0 Å². The van der Waals surface area contributed by atoms with E-state index < -0.39 is 5.97 Å². The van der Waals surface area contributed by atoms with E-state index in [1.165, 1.54) is 0 Å². The number of anilines is 1. The minimum atomic E-state index is -0.407. The van der Waals surface area contributed by atoms with Crippen molar-refractivity contribution in [2.75, 3.05) is 18.1 Å². The highest BCUT2D eigenvalue weighted by molar-refractivity contribution is 14.1. The summed E-state index contributed by atoms with van der Waals surface area (Å²) in [5.41, 5.74) is 1.75. The van der Waals surface area contributed by atoms with E-state index in [9.17, 15) is 9.59 Å². The minimum absolute atomic E-state index is 0.0938. The molecule has 0 saturated carbocycles. The molecule has 0 aliphatic rings. The van der Waals surface area contributed by atoms with E-state index in [0.717, 1.165) is 9.26 Å². The SMILES string of the molecule is O=C(OCCN(C(=O)c1ccncc1)c1ccccc1)c1ccc(I)cc1. The van der Waals surface area contributed by atoms with Crippen molar-refractivity contribution in [1.29, 1.82) is 0 Å². The van der Waals surface area contributed by atoms with Gasteiger partial charge in [-0.25, -0.2) is 4.79 Å². The fourth-order valence-corrected chi connectivity index (χ4v) is 2.86. The number of ether oxygens (including phenoxy) is 1. The van der Waals surface area contributed by atoms with Gasteiger partial charge in [-0.1, -0.05) is 18.2 Å². The van der Waals surface area contributed by atoms with Crippen molar-refractivity contribution in [3.63, 3.8) is 0 Å². The number of para-hydroxylation sites is 1. The van der Waals surface area contributed by atoms with E-state index in [4.69, 9.17) is 4.74 Å². The minimum Gasteiger partial charge on any atom is -0.460 e. The highest BCUT2D eigenvalue weighted by Gasteiger charge is 2.18. The monoisotopic (exact) mass is 472 g/mol. The zero-order valence-corrected chi connectivity index (χ0v) is 16.6. The van der Waals surface area contributed by atoms with Crippen molar-refractivity contribution in [2.24, 2.45) is 0 Å².